The van der Waals surface area contributed by atoms with Crippen LogP contribution in [0.15, 0.2) is 4.34 Å². The highest BCUT2D eigenvalue weighted by Crippen LogP contribution is 2.20. The Morgan fingerprint density at radius 2 is 2.35 bits per heavy atom. The third kappa shape index (κ3) is 5.01. The number of nitrogens with zero attached hydrogens (tertiary/aromatic N) is 2. The predicted octanol–water partition coefficient (Wildman–Crippen LogP) is 1.48. The van der Waals surface area contributed by atoms with E-state index in [4.69, 9.17) is 4.74 Å². The Morgan fingerprint density at radius 3 is 2.88 bits per heavy atom. The Balaban J connectivity index is 2.46. The summed E-state index contributed by atoms with van der Waals surface area (Å²) in [6, 6.07) is -0.283. The van der Waals surface area contributed by atoms with Crippen molar-refractivity contribution in [3.05, 3.63) is 5.82 Å². The molecule has 0 aliphatic heterocycles. The van der Waals surface area contributed by atoms with Crippen LogP contribution in [0.4, 0.5) is 0 Å². The fourth-order valence-corrected chi connectivity index (χ4v) is 2.90. The number of carbonyl (C=O) groups excluding carboxylic acids is 1. The van der Waals surface area contributed by atoms with Crippen molar-refractivity contribution in [2.75, 3.05) is 18.9 Å². The minimum absolute atomic E-state index is 0.205. The van der Waals surface area contributed by atoms with Crippen LogP contribution in [0.3, 0.4) is 0 Å². The van der Waals surface area contributed by atoms with Crippen molar-refractivity contribution >= 4 is 29.3 Å². The van der Waals surface area contributed by atoms with Gasteiger partial charge in [0.1, 0.15) is 11.9 Å². The number of aryl methyl sites for hydroxylation is 1. The van der Waals surface area contributed by atoms with Gasteiger partial charge in [-0.2, -0.15) is 4.37 Å². The number of ether oxygens (including phenoxy) is 1. The van der Waals surface area contributed by atoms with Gasteiger partial charge >= 0.3 is 5.97 Å². The molecule has 17 heavy (non-hydrogen) atoms. The summed E-state index contributed by atoms with van der Waals surface area (Å²) in [4.78, 5) is 15.9. The molecule has 0 saturated heterocycles. The van der Waals surface area contributed by atoms with Gasteiger partial charge in [-0.3, -0.25) is 4.79 Å². The third-order valence-electron chi connectivity index (χ3n) is 1.90. The first kappa shape index (κ1) is 14.4. The number of aromatic nitrogens is 2. The Bertz CT molecular complexity index is 357. The zero-order valence-electron chi connectivity index (χ0n) is 10.2. The molecule has 0 radical (unpaired) electrons. The van der Waals surface area contributed by atoms with Crippen LogP contribution in [0.2, 0.25) is 0 Å². The topological polar surface area (TPSA) is 64.1 Å². The summed E-state index contributed by atoms with van der Waals surface area (Å²) < 4.78 is 9.98. The zero-order chi connectivity index (χ0) is 12.7. The lowest BCUT2D eigenvalue weighted by Crippen LogP contribution is -2.40. The van der Waals surface area contributed by atoms with Crippen molar-refractivity contribution in [1.29, 1.82) is 0 Å². The lowest BCUT2D eigenvalue weighted by molar-refractivity contribution is -0.144. The second-order valence-corrected chi connectivity index (χ2v) is 5.30. The van der Waals surface area contributed by atoms with Crippen LogP contribution in [-0.2, 0) is 9.53 Å². The van der Waals surface area contributed by atoms with E-state index < -0.39 is 0 Å². The van der Waals surface area contributed by atoms with Gasteiger partial charge in [0, 0.05) is 5.75 Å². The monoisotopic (exact) mass is 275 g/mol. The van der Waals surface area contributed by atoms with Crippen molar-refractivity contribution in [2.24, 2.45) is 0 Å². The molecule has 1 N–H and O–H groups in total. The second kappa shape index (κ2) is 7.62. The molecular weight excluding hydrogens is 258 g/mol. The molecule has 0 fully saturated rings. The van der Waals surface area contributed by atoms with Crippen molar-refractivity contribution in [3.63, 3.8) is 0 Å². The molecule has 96 valence electrons. The number of hydrogen-bond donors (Lipinski definition) is 1. The van der Waals surface area contributed by atoms with Crippen LogP contribution < -0.4 is 5.32 Å². The highest BCUT2D eigenvalue weighted by Gasteiger charge is 2.19. The maximum atomic E-state index is 11.6. The summed E-state index contributed by atoms with van der Waals surface area (Å²) in [7, 11) is 0. The molecule has 1 aromatic rings. The normalized spacial score (nSPS) is 12.4. The molecule has 0 saturated carbocycles. The average molecular weight is 275 g/mol. The zero-order valence-corrected chi connectivity index (χ0v) is 11.9. The highest BCUT2D eigenvalue weighted by molar-refractivity contribution is 8.01. The van der Waals surface area contributed by atoms with Crippen LogP contribution >= 0.6 is 23.3 Å². The van der Waals surface area contributed by atoms with Gasteiger partial charge in [0.05, 0.1) is 6.61 Å². The molecule has 0 aliphatic carbocycles. The average Bonchev–Trinajstić information content (AvgIpc) is 2.70. The Morgan fingerprint density at radius 1 is 1.59 bits per heavy atom. The summed E-state index contributed by atoms with van der Waals surface area (Å²) in [5.74, 6) is 1.18. The van der Waals surface area contributed by atoms with Crippen molar-refractivity contribution in [1.82, 2.24) is 14.7 Å². The summed E-state index contributed by atoms with van der Waals surface area (Å²) in [6.07, 6.45) is 0. The standard InChI is InChI=1S/C10H17N3O2S2/c1-4-11-8(9(14)15-5-2)6-16-10-12-7(3)13-17-10/h8,11H,4-6H2,1-3H3. The molecule has 1 aromatic heterocycles. The molecule has 1 rings (SSSR count). The Kier molecular flexibility index (Phi) is 6.46. The van der Waals surface area contributed by atoms with Gasteiger partial charge in [-0.25, -0.2) is 4.98 Å². The molecular formula is C10H17N3O2S2. The van der Waals surface area contributed by atoms with Gasteiger partial charge in [-0.05, 0) is 31.9 Å². The Hall–Kier alpha value is -0.660. The van der Waals surface area contributed by atoms with E-state index >= 15 is 0 Å². The number of hydrogen-bond acceptors (Lipinski definition) is 7. The van der Waals surface area contributed by atoms with E-state index in [2.05, 4.69) is 14.7 Å². The van der Waals surface area contributed by atoms with Crippen LogP contribution in [0, 0.1) is 6.92 Å². The number of thioether (sulfide) groups is 1. The van der Waals surface area contributed by atoms with E-state index in [1.165, 1.54) is 23.3 Å². The van der Waals surface area contributed by atoms with Crippen molar-refractivity contribution < 1.29 is 9.53 Å². The smallest absolute Gasteiger partial charge is 0.323 e. The molecule has 1 atom stereocenters. The molecule has 1 heterocycles. The fourth-order valence-electron chi connectivity index (χ4n) is 1.19. The lowest BCUT2D eigenvalue weighted by Gasteiger charge is -2.14. The molecule has 0 spiro atoms. The van der Waals surface area contributed by atoms with Gasteiger partial charge in [-0.15, -0.1) is 0 Å². The predicted molar refractivity (Wildman–Crippen MR) is 69.5 cm³/mol. The number of rotatable bonds is 7. The van der Waals surface area contributed by atoms with Gasteiger partial charge in [0.2, 0.25) is 0 Å². The molecule has 0 amide bonds. The fraction of sp³-hybridized carbons (Fsp3) is 0.700. The summed E-state index contributed by atoms with van der Waals surface area (Å²) in [5.41, 5.74) is 0. The summed E-state index contributed by atoms with van der Waals surface area (Å²) in [5, 5.41) is 3.11. The minimum atomic E-state index is -0.283. The van der Waals surface area contributed by atoms with Crippen molar-refractivity contribution in [2.45, 2.75) is 31.2 Å². The van der Waals surface area contributed by atoms with Crippen molar-refractivity contribution in [3.8, 4) is 0 Å². The van der Waals surface area contributed by atoms with Crippen LogP contribution in [0.5, 0.6) is 0 Å². The second-order valence-electron chi connectivity index (χ2n) is 3.28. The first-order valence-electron chi connectivity index (χ1n) is 5.50. The number of nitrogens with one attached hydrogen (secondary N) is 1. The van der Waals surface area contributed by atoms with Gasteiger partial charge in [0.15, 0.2) is 4.34 Å². The van der Waals surface area contributed by atoms with E-state index in [0.717, 1.165) is 16.7 Å². The maximum absolute atomic E-state index is 11.6. The molecule has 0 aliphatic rings. The summed E-state index contributed by atoms with van der Waals surface area (Å²) >= 11 is 2.88. The maximum Gasteiger partial charge on any atom is 0.323 e. The SMILES string of the molecule is CCNC(CSc1nc(C)ns1)C(=O)OCC. The van der Waals surface area contributed by atoms with Crippen LogP contribution in [-0.4, -0.2) is 40.3 Å². The van der Waals surface area contributed by atoms with E-state index in [9.17, 15) is 4.79 Å². The molecule has 0 bridgehead atoms. The van der Waals surface area contributed by atoms with E-state index in [0.29, 0.717) is 12.4 Å². The van der Waals surface area contributed by atoms with E-state index in [1.807, 2.05) is 20.8 Å². The van der Waals surface area contributed by atoms with Gasteiger partial charge in [-0.1, -0.05) is 18.7 Å². The minimum Gasteiger partial charge on any atom is -0.465 e. The van der Waals surface area contributed by atoms with E-state index in [-0.39, 0.29) is 12.0 Å². The number of carbonyl (C=O) groups is 1. The first-order valence-corrected chi connectivity index (χ1v) is 7.26. The highest BCUT2D eigenvalue weighted by atomic mass is 32.2. The van der Waals surface area contributed by atoms with Gasteiger partial charge < -0.3 is 10.1 Å². The largest absolute Gasteiger partial charge is 0.465 e. The lowest BCUT2D eigenvalue weighted by atomic mass is 10.3. The molecule has 7 heteroatoms. The number of likely N-dealkylation sites (N-methyl/N-ethyl adjacent to an activating group) is 1. The quantitative estimate of drug-likeness (QED) is 0.600. The molecule has 1 unspecified atom stereocenters. The van der Waals surface area contributed by atoms with Crippen LogP contribution in [0.25, 0.3) is 0 Å². The first-order chi connectivity index (χ1) is 8.17. The summed E-state index contributed by atoms with van der Waals surface area (Å²) in [6.45, 7) is 6.77. The number of esters is 1. The molecule has 5 nitrogen and oxygen atoms in total. The van der Waals surface area contributed by atoms with E-state index in [1.54, 1.807) is 0 Å². The van der Waals surface area contributed by atoms with Crippen LogP contribution in [0.1, 0.15) is 19.7 Å². The molecule has 0 aromatic carbocycles. The van der Waals surface area contributed by atoms with Gasteiger partial charge in [0.25, 0.3) is 0 Å². The third-order valence-corrected chi connectivity index (χ3v) is 3.92. The Labute approximate surface area is 110 Å².